The summed E-state index contributed by atoms with van der Waals surface area (Å²) in [4.78, 5) is 10.3. The molecule has 11 nitrogen and oxygen atoms in total. The molecule has 1 aliphatic rings. The molecule has 13 heteroatoms. The van der Waals surface area contributed by atoms with Gasteiger partial charge in [0, 0.05) is 31.7 Å². The lowest BCUT2D eigenvalue weighted by Gasteiger charge is -2.40. The molecule has 4 rings (SSSR count). The number of nitrogens with two attached hydrogens (primary N) is 1. The number of hydrogen-bond donors (Lipinski definition) is 4. The molecule has 168 valence electrons. The molecule has 3 heterocycles. The Bertz CT molecular complexity index is 1200. The number of fused-ring (bicyclic) bond motifs is 1. The Balaban J connectivity index is 1.51. The fourth-order valence-electron chi connectivity index (χ4n) is 3.47. The van der Waals surface area contributed by atoms with Crippen LogP contribution in [0.2, 0.25) is 0 Å². The predicted octanol–water partition coefficient (Wildman–Crippen LogP) is 1.03. The number of nitrogens with zero attached hydrogens (tertiary/aromatic N) is 5. The first-order valence-corrected chi connectivity index (χ1v) is 13.0. The van der Waals surface area contributed by atoms with Gasteiger partial charge in [-0.15, -0.1) is 0 Å². The van der Waals surface area contributed by atoms with E-state index >= 15 is 0 Å². The van der Waals surface area contributed by atoms with E-state index in [2.05, 4.69) is 19.8 Å². The molecule has 31 heavy (non-hydrogen) atoms. The molecule has 0 amide bonds. The number of sulfonamides is 1. The molecule has 1 saturated heterocycles. The summed E-state index contributed by atoms with van der Waals surface area (Å²) in [6, 6.07) is 4.89. The van der Waals surface area contributed by atoms with Gasteiger partial charge in [-0.3, -0.25) is 14.0 Å². The summed E-state index contributed by atoms with van der Waals surface area (Å²) in [5, 5.41) is 4.18. The fraction of sp³-hybridized carbons (Fsp3) is 0.389. The molecule has 2 aromatic heterocycles. The van der Waals surface area contributed by atoms with Gasteiger partial charge < -0.3 is 5.73 Å². The maximum Gasteiger partial charge on any atom is 0.240 e. The van der Waals surface area contributed by atoms with E-state index in [4.69, 9.17) is 5.73 Å². The van der Waals surface area contributed by atoms with Crippen molar-refractivity contribution in [1.82, 2.24) is 29.2 Å². The molecule has 0 radical (unpaired) electrons. The third-order valence-electron chi connectivity index (χ3n) is 5.32. The second kappa shape index (κ2) is 8.33. The number of aryl methyl sites for hydroxylation is 1. The Hall–Kier alpha value is -2.29. The van der Waals surface area contributed by atoms with E-state index in [0.717, 1.165) is 5.56 Å². The Morgan fingerprint density at radius 3 is 2.71 bits per heavy atom. The summed E-state index contributed by atoms with van der Waals surface area (Å²) in [5.74, 6) is 0.895. The molecule has 0 aliphatic carbocycles. The first-order chi connectivity index (χ1) is 14.7. The van der Waals surface area contributed by atoms with Crippen molar-refractivity contribution in [2.75, 3.05) is 43.4 Å². The number of benzene rings is 1. The average Bonchev–Trinajstić information content (AvgIpc) is 3.15. The summed E-state index contributed by atoms with van der Waals surface area (Å²) in [5.41, 5.74) is 8.41. The van der Waals surface area contributed by atoms with Gasteiger partial charge in [-0.1, -0.05) is 6.07 Å². The second-order valence-electron chi connectivity index (χ2n) is 7.45. The van der Waals surface area contributed by atoms with Gasteiger partial charge in [-0.05, 0) is 24.6 Å². The minimum Gasteiger partial charge on any atom is -0.381 e. The molecular formula is C18H25N7O4S2. The highest BCUT2D eigenvalue weighted by molar-refractivity contribution is 8.24. The van der Waals surface area contributed by atoms with Crippen LogP contribution >= 0.6 is 10.6 Å². The van der Waals surface area contributed by atoms with Gasteiger partial charge in [0.05, 0.1) is 28.3 Å². The van der Waals surface area contributed by atoms with Crippen molar-refractivity contribution in [2.24, 2.45) is 0 Å². The van der Waals surface area contributed by atoms with Gasteiger partial charge in [-0.25, -0.2) is 27.6 Å². The van der Waals surface area contributed by atoms with Gasteiger partial charge >= 0.3 is 0 Å². The van der Waals surface area contributed by atoms with Crippen LogP contribution in [0.5, 0.6) is 0 Å². The largest absolute Gasteiger partial charge is 0.381 e. The van der Waals surface area contributed by atoms with Gasteiger partial charge in [0.1, 0.15) is 6.33 Å². The van der Waals surface area contributed by atoms with Crippen LogP contribution in [0.15, 0.2) is 35.6 Å². The third-order valence-corrected chi connectivity index (χ3v) is 8.45. The van der Waals surface area contributed by atoms with Crippen LogP contribution in [-0.4, -0.2) is 79.7 Å². The molecule has 1 fully saturated rings. The highest BCUT2D eigenvalue weighted by atomic mass is 32.3. The number of anilines is 1. The first-order valence-electron chi connectivity index (χ1n) is 9.67. The van der Waals surface area contributed by atoms with E-state index in [1.165, 1.54) is 10.8 Å². The second-order valence-corrected chi connectivity index (χ2v) is 11.6. The maximum absolute atomic E-state index is 12.9. The zero-order chi connectivity index (χ0) is 22.2. The van der Waals surface area contributed by atoms with Crippen molar-refractivity contribution in [3.05, 3.63) is 36.3 Å². The van der Waals surface area contributed by atoms with E-state index in [1.54, 1.807) is 24.4 Å². The number of nitrogen functional groups attached to an aromatic ring is 1. The summed E-state index contributed by atoms with van der Waals surface area (Å²) >= 11 is 0. The van der Waals surface area contributed by atoms with Gasteiger partial charge in [0.15, 0.2) is 11.5 Å². The van der Waals surface area contributed by atoms with Crippen LogP contribution in [0.3, 0.4) is 0 Å². The van der Waals surface area contributed by atoms with Crippen molar-refractivity contribution in [3.8, 4) is 11.3 Å². The van der Waals surface area contributed by atoms with E-state index in [0.29, 0.717) is 48.0 Å². The Morgan fingerprint density at radius 2 is 1.97 bits per heavy atom. The Morgan fingerprint density at radius 1 is 1.23 bits per heavy atom. The predicted molar refractivity (Wildman–Crippen MR) is 120 cm³/mol. The van der Waals surface area contributed by atoms with Crippen molar-refractivity contribution >= 4 is 32.1 Å². The Kier molecular flexibility index (Phi) is 5.89. The van der Waals surface area contributed by atoms with E-state index in [-0.39, 0.29) is 17.3 Å². The van der Waals surface area contributed by atoms with Crippen LogP contribution in [0.4, 0.5) is 5.82 Å². The van der Waals surface area contributed by atoms with E-state index < -0.39 is 20.6 Å². The molecule has 1 aromatic carbocycles. The SMILES string of the molecule is Cc1ccc(S(=O)(=O)NCCN2CCS(O)(O)CC2)cc1-c1cnc2c(N)ncnn12. The molecular weight excluding hydrogens is 442 g/mol. The van der Waals surface area contributed by atoms with E-state index in [9.17, 15) is 17.5 Å². The van der Waals surface area contributed by atoms with Crippen LogP contribution in [0, 0.1) is 6.92 Å². The maximum atomic E-state index is 12.9. The fourth-order valence-corrected chi connectivity index (χ4v) is 5.82. The lowest BCUT2D eigenvalue weighted by Crippen LogP contribution is -2.42. The van der Waals surface area contributed by atoms with Crippen LogP contribution in [-0.2, 0) is 10.0 Å². The monoisotopic (exact) mass is 467 g/mol. The highest BCUT2D eigenvalue weighted by Crippen LogP contribution is 2.40. The van der Waals surface area contributed by atoms with Crippen molar-refractivity contribution in [1.29, 1.82) is 0 Å². The number of rotatable bonds is 6. The number of aromatic nitrogens is 4. The molecule has 1 aliphatic heterocycles. The topological polar surface area (TPSA) is 159 Å². The van der Waals surface area contributed by atoms with Gasteiger partial charge in [0.2, 0.25) is 10.0 Å². The standard InChI is InChI=1S/C18H25N7O4S2/c1-13-2-3-14(10-15(13)16-11-20-18-17(19)21-12-22-25(16)18)31(28,29)23-4-5-24-6-8-30(26,27)9-7-24/h2-3,10-12,23,26-27H,4-9H2,1H3,(H2,19,21,22). The minimum absolute atomic E-state index is 0.137. The van der Waals surface area contributed by atoms with Crippen molar-refractivity contribution in [2.45, 2.75) is 11.8 Å². The lowest BCUT2D eigenvalue weighted by molar-refractivity contribution is 0.290. The molecule has 0 saturated carbocycles. The lowest BCUT2D eigenvalue weighted by atomic mass is 10.1. The molecule has 0 bridgehead atoms. The van der Waals surface area contributed by atoms with Gasteiger partial charge in [-0.2, -0.15) is 15.7 Å². The summed E-state index contributed by atoms with van der Waals surface area (Å²) in [6.45, 7) is 3.68. The smallest absolute Gasteiger partial charge is 0.240 e. The molecule has 5 N–H and O–H groups in total. The normalized spacial score (nSPS) is 18.3. The quantitative estimate of drug-likeness (QED) is 0.415. The Labute approximate surface area is 181 Å². The van der Waals surface area contributed by atoms with Crippen LogP contribution < -0.4 is 10.5 Å². The number of imidazole rings is 1. The first kappa shape index (κ1) is 21.9. The summed E-state index contributed by atoms with van der Waals surface area (Å²) < 4.78 is 49.2. The highest BCUT2D eigenvalue weighted by Gasteiger charge is 2.23. The van der Waals surface area contributed by atoms with Crippen molar-refractivity contribution in [3.63, 3.8) is 0 Å². The summed E-state index contributed by atoms with van der Waals surface area (Å²) in [7, 11) is -6.20. The average molecular weight is 468 g/mol. The zero-order valence-corrected chi connectivity index (χ0v) is 18.6. The molecule has 0 atom stereocenters. The minimum atomic E-state index is -3.73. The molecule has 0 unspecified atom stereocenters. The van der Waals surface area contributed by atoms with Crippen LogP contribution in [0.25, 0.3) is 16.9 Å². The van der Waals surface area contributed by atoms with Gasteiger partial charge in [0.25, 0.3) is 0 Å². The van der Waals surface area contributed by atoms with Crippen molar-refractivity contribution < 1.29 is 17.5 Å². The number of hydrogen-bond acceptors (Lipinski definition) is 9. The van der Waals surface area contributed by atoms with Crippen LogP contribution in [0.1, 0.15) is 5.56 Å². The summed E-state index contributed by atoms with van der Waals surface area (Å²) in [6.07, 6.45) is 2.91. The molecule has 0 spiro atoms. The molecule has 3 aromatic rings. The number of nitrogens with one attached hydrogen (secondary N) is 1. The zero-order valence-electron chi connectivity index (χ0n) is 17.0. The third kappa shape index (κ3) is 4.66. The van der Waals surface area contributed by atoms with E-state index in [1.807, 2.05) is 11.8 Å².